The molecule has 2 aliphatic rings. The van der Waals surface area contributed by atoms with Crippen molar-refractivity contribution in [2.24, 2.45) is 0 Å². The van der Waals surface area contributed by atoms with E-state index in [1.165, 1.54) is 14.0 Å². The Morgan fingerprint density at radius 2 is 1.38 bits per heavy atom. The second-order valence-electron chi connectivity index (χ2n) is 7.85. The summed E-state index contributed by atoms with van der Waals surface area (Å²) in [5.41, 5.74) is 1.72. The van der Waals surface area contributed by atoms with E-state index in [9.17, 15) is 18.4 Å². The maximum atomic E-state index is 14.3. The molecule has 0 saturated carbocycles. The van der Waals surface area contributed by atoms with Gasteiger partial charge >= 0.3 is 0 Å². The molecule has 0 radical (unpaired) electrons. The van der Waals surface area contributed by atoms with Crippen molar-refractivity contribution in [1.29, 1.82) is 0 Å². The quantitative estimate of drug-likeness (QED) is 0.281. The van der Waals surface area contributed by atoms with Gasteiger partial charge in [-0.05, 0) is 25.5 Å². The van der Waals surface area contributed by atoms with E-state index in [0.717, 1.165) is 5.56 Å². The van der Waals surface area contributed by atoms with E-state index >= 15 is 0 Å². The van der Waals surface area contributed by atoms with Crippen LogP contribution in [-0.2, 0) is 14.6 Å². The van der Waals surface area contributed by atoms with Gasteiger partial charge in [-0.15, -0.1) is 0 Å². The van der Waals surface area contributed by atoms with E-state index in [1.807, 2.05) is 30.3 Å². The Kier molecular flexibility index (Phi) is 9.80. The Morgan fingerprint density at radius 3 is 1.92 bits per heavy atom. The first-order chi connectivity index (χ1) is 18.7. The summed E-state index contributed by atoms with van der Waals surface area (Å²) in [6.07, 6.45) is 3.35. The molecular formula is C25H24F2N4O8. The number of pyridine rings is 2. The molecule has 1 aromatic carbocycles. The fraction of sp³-hybridized carbons (Fsp3) is 0.200. The number of rotatable bonds is 3. The lowest BCUT2D eigenvalue weighted by atomic mass is 10.1. The van der Waals surface area contributed by atoms with Crippen LogP contribution in [0.15, 0.2) is 30.3 Å². The van der Waals surface area contributed by atoms with Gasteiger partial charge in [-0.2, -0.15) is 4.98 Å². The first-order valence-electron chi connectivity index (χ1n) is 11.2. The van der Waals surface area contributed by atoms with Crippen molar-refractivity contribution >= 4 is 35.6 Å². The van der Waals surface area contributed by atoms with Crippen LogP contribution in [0.2, 0.25) is 0 Å². The predicted octanol–water partition coefficient (Wildman–Crippen LogP) is 3.85. The third kappa shape index (κ3) is 7.01. The highest BCUT2D eigenvalue weighted by Crippen LogP contribution is 2.35. The lowest BCUT2D eigenvalue weighted by Crippen LogP contribution is -2.27. The number of amides is 2. The van der Waals surface area contributed by atoms with E-state index in [2.05, 4.69) is 25.6 Å². The van der Waals surface area contributed by atoms with E-state index in [1.54, 1.807) is 19.1 Å². The summed E-state index contributed by atoms with van der Waals surface area (Å²) < 4.78 is 42.8. The molecule has 2 amide bonds. The summed E-state index contributed by atoms with van der Waals surface area (Å²) in [6.45, 7) is 2.90. The summed E-state index contributed by atoms with van der Waals surface area (Å²) >= 11 is 0. The SMILES string of the molecule is COc1nc2c(c(C)c1F)OCC(=O)N2.Cc1c(F)c(/C=C/c2ccccc2)nc2c1OCC(=O)N2.OOO. The molecule has 14 heteroatoms. The molecular weight excluding hydrogens is 522 g/mol. The van der Waals surface area contributed by atoms with Gasteiger partial charge in [0.2, 0.25) is 0 Å². The molecule has 0 aliphatic carbocycles. The molecule has 4 N–H and O–H groups in total. The largest absolute Gasteiger partial charge is 0.479 e. The Morgan fingerprint density at radius 1 is 0.872 bits per heavy atom. The number of hydrogen-bond acceptors (Lipinski definition) is 10. The monoisotopic (exact) mass is 546 g/mol. The number of methoxy groups -OCH3 is 1. The average Bonchev–Trinajstić information content (AvgIpc) is 2.93. The third-order valence-corrected chi connectivity index (χ3v) is 5.27. The molecule has 2 aromatic heterocycles. The van der Waals surface area contributed by atoms with Crippen molar-refractivity contribution in [3.05, 3.63) is 64.4 Å². The van der Waals surface area contributed by atoms with Crippen molar-refractivity contribution in [1.82, 2.24) is 9.97 Å². The number of benzene rings is 1. The number of hydrogen-bond donors (Lipinski definition) is 4. The minimum absolute atomic E-state index is 0.117. The van der Waals surface area contributed by atoms with Gasteiger partial charge in [-0.3, -0.25) is 9.59 Å². The van der Waals surface area contributed by atoms with Crippen LogP contribution in [0.25, 0.3) is 12.2 Å². The fourth-order valence-electron chi connectivity index (χ4n) is 3.45. The lowest BCUT2D eigenvalue weighted by molar-refractivity contribution is -0.465. The molecule has 2 aliphatic heterocycles. The van der Waals surface area contributed by atoms with Gasteiger partial charge in [0.1, 0.15) is 5.69 Å². The van der Waals surface area contributed by atoms with Crippen molar-refractivity contribution in [3.63, 3.8) is 0 Å². The number of anilines is 2. The Hall–Kier alpha value is -4.66. The van der Waals surface area contributed by atoms with Gasteiger partial charge in [0.15, 0.2) is 48.0 Å². The number of aromatic nitrogens is 2. The van der Waals surface area contributed by atoms with Gasteiger partial charge in [-0.1, -0.05) is 41.4 Å². The van der Waals surface area contributed by atoms with E-state index < -0.39 is 11.6 Å². The highest BCUT2D eigenvalue weighted by atomic mass is 19.1. The van der Waals surface area contributed by atoms with Crippen LogP contribution >= 0.6 is 0 Å². The zero-order valence-electron chi connectivity index (χ0n) is 20.9. The highest BCUT2D eigenvalue weighted by Gasteiger charge is 2.25. The molecule has 12 nitrogen and oxygen atoms in total. The van der Waals surface area contributed by atoms with Crippen molar-refractivity contribution in [2.75, 3.05) is 31.0 Å². The summed E-state index contributed by atoms with van der Waals surface area (Å²) in [4.78, 5) is 30.2. The second-order valence-corrected chi connectivity index (χ2v) is 7.85. The minimum Gasteiger partial charge on any atom is -0.479 e. The fourth-order valence-corrected chi connectivity index (χ4v) is 3.45. The molecule has 0 fully saturated rings. The topological polar surface area (TPSA) is 161 Å². The zero-order valence-corrected chi connectivity index (χ0v) is 20.9. The first-order valence-corrected chi connectivity index (χ1v) is 11.2. The van der Waals surface area contributed by atoms with Crippen LogP contribution < -0.4 is 24.8 Å². The number of halogens is 2. The summed E-state index contributed by atoms with van der Waals surface area (Å²) in [6, 6.07) is 9.52. The van der Waals surface area contributed by atoms with Gasteiger partial charge in [0, 0.05) is 11.1 Å². The number of ether oxygens (including phenoxy) is 3. The van der Waals surface area contributed by atoms with Crippen LogP contribution in [-0.4, -0.2) is 52.6 Å². The average molecular weight is 546 g/mol. The molecule has 0 unspecified atom stereocenters. The Bertz CT molecular complexity index is 1390. The molecule has 4 heterocycles. The van der Waals surface area contributed by atoms with Crippen molar-refractivity contribution in [3.8, 4) is 17.4 Å². The van der Waals surface area contributed by atoms with Crippen LogP contribution in [0.4, 0.5) is 20.4 Å². The number of carbonyl (C=O) groups is 2. The second kappa shape index (κ2) is 13.2. The highest BCUT2D eigenvalue weighted by molar-refractivity contribution is 5.95. The van der Waals surface area contributed by atoms with Gasteiger partial charge in [0.25, 0.3) is 17.7 Å². The Labute approximate surface area is 220 Å². The number of nitrogens with one attached hydrogen (secondary N) is 2. The van der Waals surface area contributed by atoms with Gasteiger partial charge < -0.3 is 24.8 Å². The van der Waals surface area contributed by atoms with Crippen LogP contribution in [0, 0.1) is 25.5 Å². The molecule has 5 rings (SSSR count). The standard InChI is InChI=1S/C16H13FN2O2.C9H9FN2O3.H2O3/c1-10-14(17)12(8-7-11-5-3-2-4-6-11)18-16-15(10)21-9-13(20)19-16;1-4-6(10)9(14-2)12-8-7(4)15-3-5(13)11-8;1-3-2/h2-8H,9H2,1H3,(H,18,19,20);3H2,1-2H3,(H,11,12,13);1-2H/b8-7+;;. The third-order valence-electron chi connectivity index (χ3n) is 5.27. The number of fused-ring (bicyclic) bond motifs is 2. The number of nitrogens with zero attached hydrogens (tertiary/aromatic N) is 2. The molecule has 0 bridgehead atoms. The van der Waals surface area contributed by atoms with E-state index in [-0.39, 0.29) is 59.6 Å². The van der Waals surface area contributed by atoms with Gasteiger partial charge in [-0.25, -0.2) is 24.3 Å². The maximum Gasteiger partial charge on any atom is 0.263 e. The smallest absolute Gasteiger partial charge is 0.263 e. The summed E-state index contributed by atoms with van der Waals surface area (Å²) in [5, 5.41) is 20.6. The minimum atomic E-state index is -0.576. The maximum absolute atomic E-state index is 14.3. The van der Waals surface area contributed by atoms with E-state index in [0.29, 0.717) is 11.3 Å². The molecule has 39 heavy (non-hydrogen) atoms. The lowest BCUT2D eigenvalue weighted by Gasteiger charge is -2.19. The molecule has 0 saturated heterocycles. The first kappa shape index (κ1) is 28.9. The predicted molar refractivity (Wildman–Crippen MR) is 134 cm³/mol. The normalized spacial score (nSPS) is 13.2. The van der Waals surface area contributed by atoms with Crippen molar-refractivity contribution in [2.45, 2.75) is 13.8 Å². The van der Waals surface area contributed by atoms with Crippen LogP contribution in [0.5, 0.6) is 17.4 Å². The van der Waals surface area contributed by atoms with E-state index in [4.69, 9.17) is 24.7 Å². The van der Waals surface area contributed by atoms with Crippen LogP contribution in [0.3, 0.4) is 0 Å². The van der Waals surface area contributed by atoms with Gasteiger partial charge in [0.05, 0.1) is 7.11 Å². The zero-order chi connectivity index (χ0) is 28.5. The number of carbonyl (C=O) groups excluding carboxylic acids is 2. The summed E-state index contributed by atoms with van der Waals surface area (Å²) in [5.74, 6) is -0.777. The van der Waals surface area contributed by atoms with Crippen molar-refractivity contribution < 1.29 is 48.1 Å². The van der Waals surface area contributed by atoms with Crippen LogP contribution in [0.1, 0.15) is 22.4 Å². The summed E-state index contributed by atoms with van der Waals surface area (Å²) in [7, 11) is 1.31. The molecule has 206 valence electrons. The molecule has 0 atom stereocenters. The molecule has 3 aromatic rings. The molecule has 0 spiro atoms. The Balaban J connectivity index is 0.000000205.